The van der Waals surface area contributed by atoms with Gasteiger partial charge in [-0.15, -0.1) is 0 Å². The number of ether oxygens (including phenoxy) is 1. The smallest absolute Gasteiger partial charge is 0.407 e. The van der Waals surface area contributed by atoms with E-state index in [9.17, 15) is 24.0 Å². The third kappa shape index (κ3) is 11.1. The predicted octanol–water partition coefficient (Wildman–Crippen LogP) is 2.43. The number of aliphatic carboxylic acids is 1. The Kier molecular flexibility index (Phi) is 11.7. The Hall–Kier alpha value is -4.87. The van der Waals surface area contributed by atoms with Gasteiger partial charge in [-0.05, 0) is 38.0 Å². The van der Waals surface area contributed by atoms with Crippen molar-refractivity contribution in [1.82, 2.24) is 26.3 Å². The highest BCUT2D eigenvalue weighted by molar-refractivity contribution is 5.93. The summed E-state index contributed by atoms with van der Waals surface area (Å²) in [5.41, 5.74) is 1.76. The fraction of sp³-hybridized carbons (Fsp3) is 0.387. The van der Waals surface area contributed by atoms with Gasteiger partial charge >= 0.3 is 12.1 Å². The van der Waals surface area contributed by atoms with Gasteiger partial charge in [-0.3, -0.25) is 19.2 Å². The van der Waals surface area contributed by atoms with Gasteiger partial charge in [0.05, 0.1) is 6.42 Å². The maximum atomic E-state index is 13.6. The quantitative estimate of drug-likeness (QED) is 0.155. The molecule has 3 aromatic rings. The Morgan fingerprint density at radius 2 is 1.47 bits per heavy atom. The number of H-pyrrole nitrogens is 1. The number of hydrogen-bond acceptors (Lipinski definition) is 6. The van der Waals surface area contributed by atoms with E-state index in [1.807, 2.05) is 54.6 Å². The van der Waals surface area contributed by atoms with E-state index in [-0.39, 0.29) is 38.8 Å². The summed E-state index contributed by atoms with van der Waals surface area (Å²) in [5, 5.41) is 20.6. The van der Waals surface area contributed by atoms with Crippen LogP contribution in [0.5, 0.6) is 0 Å². The first kappa shape index (κ1) is 32.6. The van der Waals surface area contributed by atoms with Gasteiger partial charge in [-0.2, -0.15) is 0 Å². The Labute approximate surface area is 249 Å². The molecule has 4 amide bonds. The van der Waals surface area contributed by atoms with Crippen molar-refractivity contribution in [1.29, 1.82) is 0 Å². The molecule has 2 atom stereocenters. The van der Waals surface area contributed by atoms with Crippen LogP contribution in [-0.2, 0) is 36.8 Å². The lowest BCUT2D eigenvalue weighted by Gasteiger charge is -2.24. The molecule has 0 aliphatic heterocycles. The van der Waals surface area contributed by atoms with E-state index in [1.165, 1.54) is 0 Å². The summed E-state index contributed by atoms with van der Waals surface area (Å²) >= 11 is 0. The maximum Gasteiger partial charge on any atom is 0.407 e. The van der Waals surface area contributed by atoms with E-state index < -0.39 is 47.5 Å². The number of nitrogens with one attached hydrogen (secondary N) is 5. The highest BCUT2D eigenvalue weighted by Crippen LogP contribution is 2.19. The highest BCUT2D eigenvalue weighted by atomic mass is 16.6. The number of fused-ring (bicyclic) bond motifs is 1. The number of benzene rings is 2. The van der Waals surface area contributed by atoms with Gasteiger partial charge in [0.1, 0.15) is 17.7 Å². The number of carboxylic acids is 1. The lowest BCUT2D eigenvalue weighted by Crippen LogP contribution is -2.55. The monoisotopic (exact) mass is 593 g/mol. The molecule has 1 heterocycles. The van der Waals surface area contributed by atoms with Crippen molar-refractivity contribution in [3.63, 3.8) is 0 Å². The van der Waals surface area contributed by atoms with Gasteiger partial charge in [0, 0.05) is 49.5 Å². The van der Waals surface area contributed by atoms with Crippen LogP contribution in [-0.4, -0.2) is 70.6 Å². The number of carboxylic acid groups (broad SMARTS) is 1. The van der Waals surface area contributed by atoms with E-state index in [0.29, 0.717) is 0 Å². The van der Waals surface area contributed by atoms with Gasteiger partial charge in [0.25, 0.3) is 0 Å². The highest BCUT2D eigenvalue weighted by Gasteiger charge is 2.28. The van der Waals surface area contributed by atoms with Gasteiger partial charge in [0.15, 0.2) is 0 Å². The van der Waals surface area contributed by atoms with Gasteiger partial charge in [-0.1, -0.05) is 48.5 Å². The summed E-state index contributed by atoms with van der Waals surface area (Å²) in [5.74, 6) is -2.81. The minimum Gasteiger partial charge on any atom is -0.481 e. The van der Waals surface area contributed by atoms with Crippen molar-refractivity contribution in [3.8, 4) is 0 Å². The average molecular weight is 594 g/mol. The summed E-state index contributed by atoms with van der Waals surface area (Å²) < 4.78 is 5.19. The molecule has 0 radical (unpaired) electrons. The number of aromatic nitrogens is 1. The molecule has 0 aliphatic rings. The molecule has 0 spiro atoms. The Morgan fingerprint density at radius 1 is 0.814 bits per heavy atom. The Morgan fingerprint density at radius 3 is 2.16 bits per heavy atom. The lowest BCUT2D eigenvalue weighted by molar-refractivity contribution is -0.139. The topological polar surface area (TPSA) is 179 Å². The summed E-state index contributed by atoms with van der Waals surface area (Å²) in [4.78, 5) is 65.5. The van der Waals surface area contributed by atoms with Gasteiger partial charge in [-0.25, -0.2) is 4.79 Å². The number of hydrogen-bond donors (Lipinski definition) is 6. The number of rotatable bonds is 14. The zero-order chi connectivity index (χ0) is 31.4. The first-order chi connectivity index (χ1) is 20.4. The number of alkyl carbamates (subject to hydrolysis) is 1. The molecule has 0 aliphatic carbocycles. The summed E-state index contributed by atoms with van der Waals surface area (Å²) in [6.45, 7) is 5.42. The largest absolute Gasteiger partial charge is 0.481 e. The molecule has 0 unspecified atom stereocenters. The fourth-order valence-electron chi connectivity index (χ4n) is 4.34. The molecule has 12 heteroatoms. The van der Waals surface area contributed by atoms with Crippen molar-refractivity contribution in [2.24, 2.45) is 0 Å². The van der Waals surface area contributed by atoms with Crippen molar-refractivity contribution in [2.45, 2.75) is 64.1 Å². The molecular formula is C31H39N5O7. The summed E-state index contributed by atoms with van der Waals surface area (Å²) in [6, 6.07) is 14.5. The zero-order valence-electron chi connectivity index (χ0n) is 24.6. The van der Waals surface area contributed by atoms with Crippen LogP contribution in [0.2, 0.25) is 0 Å². The number of amides is 4. The summed E-state index contributed by atoms with van der Waals surface area (Å²) in [7, 11) is 0. The third-order valence-electron chi connectivity index (χ3n) is 6.32. The Balaban J connectivity index is 1.74. The van der Waals surface area contributed by atoms with E-state index in [2.05, 4.69) is 26.3 Å². The first-order valence-electron chi connectivity index (χ1n) is 14.1. The number of carbonyl (C=O) groups excluding carboxylic acids is 4. The van der Waals surface area contributed by atoms with Crippen LogP contribution in [0, 0.1) is 0 Å². The van der Waals surface area contributed by atoms with Crippen molar-refractivity contribution in [2.75, 3.05) is 13.1 Å². The van der Waals surface area contributed by atoms with Crippen LogP contribution >= 0.6 is 0 Å². The van der Waals surface area contributed by atoms with Crippen molar-refractivity contribution < 1.29 is 33.8 Å². The van der Waals surface area contributed by atoms with E-state index >= 15 is 0 Å². The van der Waals surface area contributed by atoms with Crippen LogP contribution in [0.3, 0.4) is 0 Å². The number of aromatic amines is 1. The molecule has 0 bridgehead atoms. The molecular weight excluding hydrogens is 554 g/mol. The second kappa shape index (κ2) is 15.4. The van der Waals surface area contributed by atoms with Crippen LogP contribution in [0.4, 0.5) is 4.79 Å². The SMILES string of the molecule is CC(C)(C)OC(=O)NCCNC(=O)[C@H](Cc1ccccc1)NC(=O)[C@H](Cc1c[nH]c2ccccc12)NC(=O)CCC(=O)O. The second-order valence-electron chi connectivity index (χ2n) is 11.0. The zero-order valence-corrected chi connectivity index (χ0v) is 24.6. The van der Waals surface area contributed by atoms with Crippen LogP contribution in [0.25, 0.3) is 10.9 Å². The lowest BCUT2D eigenvalue weighted by atomic mass is 10.0. The van der Waals surface area contributed by atoms with Crippen molar-refractivity contribution in [3.05, 3.63) is 71.9 Å². The molecule has 2 aromatic carbocycles. The molecule has 6 N–H and O–H groups in total. The molecule has 0 saturated carbocycles. The third-order valence-corrected chi connectivity index (χ3v) is 6.32. The normalized spacial score (nSPS) is 12.5. The fourth-order valence-corrected chi connectivity index (χ4v) is 4.34. The van der Waals surface area contributed by atoms with Crippen LogP contribution < -0.4 is 21.3 Å². The minimum atomic E-state index is -1.13. The standard InChI is InChI=1S/C31H39N5O7/c1-31(2,3)43-30(42)33-16-15-32-28(40)24(17-20-9-5-4-6-10-20)36-29(41)25(35-26(37)13-14-27(38)39)18-21-19-34-23-12-8-7-11-22(21)23/h4-12,19,24-25,34H,13-18H2,1-3H3,(H,32,40)(H,33,42)(H,35,37)(H,36,41)(H,38,39)/t24-,25-/m0/s1. The molecule has 1 aromatic heterocycles. The Bertz CT molecular complexity index is 1410. The molecule has 0 saturated heterocycles. The summed E-state index contributed by atoms with van der Waals surface area (Å²) in [6.07, 6.45) is 0.725. The molecule has 230 valence electrons. The van der Waals surface area contributed by atoms with Crippen molar-refractivity contribution >= 4 is 40.7 Å². The van der Waals surface area contributed by atoms with Crippen LogP contribution in [0.15, 0.2) is 60.8 Å². The molecule has 0 fully saturated rings. The van der Waals surface area contributed by atoms with E-state index in [1.54, 1.807) is 27.0 Å². The molecule has 3 rings (SSSR count). The average Bonchev–Trinajstić information content (AvgIpc) is 3.35. The maximum absolute atomic E-state index is 13.6. The number of carbonyl (C=O) groups is 5. The number of para-hydroxylation sites is 1. The van der Waals surface area contributed by atoms with E-state index in [4.69, 9.17) is 9.84 Å². The van der Waals surface area contributed by atoms with E-state index in [0.717, 1.165) is 22.0 Å². The van der Waals surface area contributed by atoms with Gasteiger partial charge < -0.3 is 36.1 Å². The second-order valence-corrected chi connectivity index (χ2v) is 11.0. The van der Waals surface area contributed by atoms with Crippen LogP contribution in [0.1, 0.15) is 44.7 Å². The first-order valence-corrected chi connectivity index (χ1v) is 14.1. The minimum absolute atomic E-state index is 0.0872. The molecule has 12 nitrogen and oxygen atoms in total. The van der Waals surface area contributed by atoms with Gasteiger partial charge in [0.2, 0.25) is 17.7 Å². The molecule has 43 heavy (non-hydrogen) atoms. The predicted molar refractivity (Wildman–Crippen MR) is 160 cm³/mol.